The molecule has 0 bridgehead atoms. The molecule has 0 N–H and O–H groups in total. The SMILES string of the molecule is CC1(C)O[C@@H](C=O)C(C)(C)O1. The van der Waals surface area contributed by atoms with Crippen molar-refractivity contribution >= 4 is 6.29 Å². The van der Waals surface area contributed by atoms with E-state index < -0.39 is 17.5 Å². The molecule has 0 aromatic heterocycles. The lowest BCUT2D eigenvalue weighted by atomic mass is 10.0. The summed E-state index contributed by atoms with van der Waals surface area (Å²) in [5, 5.41) is 0. The second-order valence-electron chi connectivity index (χ2n) is 3.78. The lowest BCUT2D eigenvalue weighted by molar-refractivity contribution is -0.158. The van der Waals surface area contributed by atoms with Crippen molar-refractivity contribution in [2.24, 2.45) is 0 Å². The molecule has 0 radical (unpaired) electrons. The summed E-state index contributed by atoms with van der Waals surface area (Å²) in [4.78, 5) is 10.5. The molecule has 0 amide bonds. The van der Waals surface area contributed by atoms with Gasteiger partial charge in [-0.05, 0) is 27.7 Å². The van der Waals surface area contributed by atoms with Crippen molar-refractivity contribution in [1.82, 2.24) is 0 Å². The molecule has 0 unspecified atom stereocenters. The Hall–Kier alpha value is -0.410. The van der Waals surface area contributed by atoms with Gasteiger partial charge in [-0.15, -0.1) is 0 Å². The Morgan fingerprint density at radius 2 is 1.82 bits per heavy atom. The summed E-state index contributed by atoms with van der Waals surface area (Å²) >= 11 is 0. The molecule has 1 aliphatic rings. The molecule has 0 aromatic carbocycles. The largest absolute Gasteiger partial charge is 0.341 e. The van der Waals surface area contributed by atoms with E-state index in [1.165, 1.54) is 0 Å². The van der Waals surface area contributed by atoms with Crippen molar-refractivity contribution in [2.45, 2.75) is 45.2 Å². The highest BCUT2D eigenvalue weighted by Gasteiger charge is 2.46. The van der Waals surface area contributed by atoms with Gasteiger partial charge in [0.25, 0.3) is 0 Å². The van der Waals surface area contributed by atoms with Crippen molar-refractivity contribution in [1.29, 1.82) is 0 Å². The van der Waals surface area contributed by atoms with Crippen LogP contribution in [0, 0.1) is 0 Å². The van der Waals surface area contributed by atoms with Crippen LogP contribution in [0.5, 0.6) is 0 Å². The average molecular weight is 158 g/mol. The first kappa shape index (κ1) is 8.68. The Balaban J connectivity index is 2.79. The molecule has 0 saturated carbocycles. The second kappa shape index (κ2) is 2.29. The van der Waals surface area contributed by atoms with Crippen LogP contribution in [0.2, 0.25) is 0 Å². The molecule has 1 saturated heterocycles. The second-order valence-corrected chi connectivity index (χ2v) is 3.78. The van der Waals surface area contributed by atoms with Crippen LogP contribution in [-0.4, -0.2) is 23.8 Å². The van der Waals surface area contributed by atoms with Crippen LogP contribution >= 0.6 is 0 Å². The molecule has 1 fully saturated rings. The van der Waals surface area contributed by atoms with Gasteiger partial charge in [-0.2, -0.15) is 0 Å². The third-order valence-corrected chi connectivity index (χ3v) is 1.73. The minimum atomic E-state index is -0.630. The quantitative estimate of drug-likeness (QED) is 0.536. The van der Waals surface area contributed by atoms with E-state index in [0.29, 0.717) is 0 Å². The van der Waals surface area contributed by atoms with Crippen LogP contribution in [-0.2, 0) is 14.3 Å². The zero-order valence-corrected chi connectivity index (χ0v) is 7.38. The molecule has 3 heteroatoms. The first-order valence-corrected chi connectivity index (χ1v) is 3.71. The minimum Gasteiger partial charge on any atom is -0.341 e. The van der Waals surface area contributed by atoms with E-state index in [1.807, 2.05) is 13.8 Å². The maximum atomic E-state index is 10.5. The Labute approximate surface area is 66.7 Å². The first-order chi connectivity index (χ1) is 4.87. The molecule has 0 aromatic rings. The van der Waals surface area contributed by atoms with Gasteiger partial charge < -0.3 is 14.3 Å². The summed E-state index contributed by atoms with van der Waals surface area (Å²) in [6.45, 7) is 7.30. The molecule has 64 valence electrons. The number of hydrogen-bond acceptors (Lipinski definition) is 3. The number of ether oxygens (including phenoxy) is 2. The van der Waals surface area contributed by atoms with E-state index >= 15 is 0 Å². The van der Waals surface area contributed by atoms with E-state index in [9.17, 15) is 4.79 Å². The standard InChI is InChI=1S/C8H14O3/c1-7(2)6(5-9)10-8(3,4)11-7/h5-6H,1-4H3/t6-/m0/s1. The number of carbonyl (C=O) groups excluding carboxylic acids is 1. The van der Waals surface area contributed by atoms with Crippen molar-refractivity contribution in [2.75, 3.05) is 0 Å². The van der Waals surface area contributed by atoms with Crippen molar-refractivity contribution in [3.63, 3.8) is 0 Å². The van der Waals surface area contributed by atoms with Crippen LogP contribution in [0.4, 0.5) is 0 Å². The van der Waals surface area contributed by atoms with Gasteiger partial charge in [-0.1, -0.05) is 0 Å². The van der Waals surface area contributed by atoms with E-state index in [2.05, 4.69) is 0 Å². The van der Waals surface area contributed by atoms with Crippen molar-refractivity contribution in [3.8, 4) is 0 Å². The van der Waals surface area contributed by atoms with Crippen LogP contribution in [0.3, 0.4) is 0 Å². The number of rotatable bonds is 1. The minimum absolute atomic E-state index is 0.447. The summed E-state index contributed by atoms with van der Waals surface area (Å²) in [6, 6.07) is 0. The summed E-state index contributed by atoms with van der Waals surface area (Å²) in [5.41, 5.74) is -0.495. The van der Waals surface area contributed by atoms with Crippen LogP contribution in [0.1, 0.15) is 27.7 Å². The maximum Gasteiger partial charge on any atom is 0.164 e. The highest BCUT2D eigenvalue weighted by Crippen LogP contribution is 2.34. The molecule has 3 nitrogen and oxygen atoms in total. The van der Waals surface area contributed by atoms with Crippen LogP contribution < -0.4 is 0 Å². The fourth-order valence-electron chi connectivity index (χ4n) is 1.35. The van der Waals surface area contributed by atoms with E-state index in [4.69, 9.17) is 9.47 Å². The van der Waals surface area contributed by atoms with E-state index in [-0.39, 0.29) is 0 Å². The molecule has 1 rings (SSSR count). The third-order valence-electron chi connectivity index (χ3n) is 1.73. The normalized spacial score (nSPS) is 33.6. The lowest BCUT2D eigenvalue weighted by Crippen LogP contribution is -2.34. The topological polar surface area (TPSA) is 35.5 Å². The van der Waals surface area contributed by atoms with Gasteiger partial charge in [0.15, 0.2) is 12.1 Å². The Kier molecular flexibility index (Phi) is 1.81. The highest BCUT2D eigenvalue weighted by atomic mass is 16.8. The zero-order chi connectivity index (χ0) is 8.70. The van der Waals surface area contributed by atoms with Gasteiger partial charge in [0.2, 0.25) is 0 Å². The van der Waals surface area contributed by atoms with Crippen LogP contribution in [0.15, 0.2) is 0 Å². The van der Waals surface area contributed by atoms with Gasteiger partial charge in [-0.3, -0.25) is 0 Å². The van der Waals surface area contributed by atoms with Gasteiger partial charge in [0.1, 0.15) is 6.10 Å². The summed E-state index contributed by atoms with van der Waals surface area (Å²) < 4.78 is 10.8. The summed E-state index contributed by atoms with van der Waals surface area (Å²) in [6.07, 6.45) is 0.340. The molecule has 1 aliphatic heterocycles. The number of aldehydes is 1. The fourth-order valence-corrected chi connectivity index (χ4v) is 1.35. The molecule has 11 heavy (non-hydrogen) atoms. The monoisotopic (exact) mass is 158 g/mol. The average Bonchev–Trinajstić information content (AvgIpc) is 1.99. The van der Waals surface area contributed by atoms with E-state index in [1.54, 1.807) is 13.8 Å². The molecule has 1 heterocycles. The maximum absolute atomic E-state index is 10.5. The smallest absolute Gasteiger partial charge is 0.164 e. The van der Waals surface area contributed by atoms with Gasteiger partial charge in [0.05, 0.1) is 5.60 Å². The number of hydrogen-bond donors (Lipinski definition) is 0. The lowest BCUT2D eigenvalue weighted by Gasteiger charge is -2.21. The van der Waals surface area contributed by atoms with Gasteiger partial charge in [-0.25, -0.2) is 0 Å². The van der Waals surface area contributed by atoms with Crippen molar-refractivity contribution in [3.05, 3.63) is 0 Å². The first-order valence-electron chi connectivity index (χ1n) is 3.71. The molecular weight excluding hydrogens is 144 g/mol. The zero-order valence-electron chi connectivity index (χ0n) is 7.38. The van der Waals surface area contributed by atoms with Gasteiger partial charge >= 0.3 is 0 Å². The third kappa shape index (κ3) is 1.60. The van der Waals surface area contributed by atoms with Crippen molar-refractivity contribution < 1.29 is 14.3 Å². The Bertz CT molecular complexity index is 172. The van der Waals surface area contributed by atoms with E-state index in [0.717, 1.165) is 6.29 Å². The Morgan fingerprint density at radius 3 is 2.00 bits per heavy atom. The molecule has 0 spiro atoms. The fraction of sp³-hybridized carbons (Fsp3) is 0.875. The van der Waals surface area contributed by atoms with Gasteiger partial charge in [0, 0.05) is 0 Å². The summed E-state index contributed by atoms with van der Waals surface area (Å²) in [7, 11) is 0. The summed E-state index contributed by atoms with van der Waals surface area (Å²) in [5.74, 6) is -0.630. The predicted molar refractivity (Wildman–Crippen MR) is 40.2 cm³/mol. The molecular formula is C8H14O3. The molecule has 0 aliphatic carbocycles. The highest BCUT2D eigenvalue weighted by molar-refractivity contribution is 5.58. The predicted octanol–water partition coefficient (Wildman–Crippen LogP) is 1.12. The van der Waals surface area contributed by atoms with Crippen LogP contribution in [0.25, 0.3) is 0 Å². The number of carbonyl (C=O) groups is 1. The Morgan fingerprint density at radius 1 is 1.27 bits per heavy atom. The molecule has 1 atom stereocenters.